The molecule has 1 aliphatic heterocycles. The highest BCUT2D eigenvalue weighted by molar-refractivity contribution is 5.40. The first-order chi connectivity index (χ1) is 10.1. The molecule has 1 aromatic carbocycles. The van der Waals surface area contributed by atoms with Gasteiger partial charge in [0.1, 0.15) is 18.5 Å². The highest BCUT2D eigenvalue weighted by Gasteiger charge is 2.22. The number of hydrogen-bond acceptors (Lipinski definition) is 5. The zero-order valence-electron chi connectivity index (χ0n) is 12.6. The summed E-state index contributed by atoms with van der Waals surface area (Å²) >= 11 is 0. The van der Waals surface area contributed by atoms with E-state index >= 15 is 0 Å². The summed E-state index contributed by atoms with van der Waals surface area (Å²) in [5.74, 6) is 2.52. The van der Waals surface area contributed by atoms with Crippen LogP contribution in [-0.2, 0) is 6.54 Å². The molecule has 5 heteroatoms. The van der Waals surface area contributed by atoms with Gasteiger partial charge in [-0.15, -0.1) is 0 Å². The number of ether oxygens (including phenoxy) is 2. The van der Waals surface area contributed by atoms with Gasteiger partial charge in [0.15, 0.2) is 11.5 Å². The van der Waals surface area contributed by atoms with Crippen LogP contribution in [0.5, 0.6) is 11.5 Å². The Morgan fingerprint density at radius 2 is 2.00 bits per heavy atom. The molecule has 0 radical (unpaired) electrons. The summed E-state index contributed by atoms with van der Waals surface area (Å²) in [5.41, 5.74) is 2.10. The number of likely N-dealkylation sites (N-methyl/N-ethyl adjacent to an activating group) is 1. The Labute approximate surface area is 124 Å². The summed E-state index contributed by atoms with van der Waals surface area (Å²) < 4.78 is 16.9. The van der Waals surface area contributed by atoms with E-state index in [-0.39, 0.29) is 6.10 Å². The minimum absolute atomic E-state index is 0.0328. The smallest absolute Gasteiger partial charge is 0.161 e. The molecule has 0 spiro atoms. The zero-order valence-corrected chi connectivity index (χ0v) is 12.6. The van der Waals surface area contributed by atoms with Gasteiger partial charge >= 0.3 is 0 Å². The van der Waals surface area contributed by atoms with Crippen LogP contribution in [0.25, 0.3) is 0 Å². The second kappa shape index (κ2) is 5.77. The highest BCUT2D eigenvalue weighted by Crippen LogP contribution is 2.31. The Morgan fingerprint density at radius 1 is 1.24 bits per heavy atom. The molecular formula is C16H20N2O3. The minimum atomic E-state index is 0.0328. The van der Waals surface area contributed by atoms with Crippen LogP contribution in [0, 0.1) is 13.8 Å². The molecule has 0 aliphatic carbocycles. The van der Waals surface area contributed by atoms with E-state index in [1.807, 2.05) is 38.1 Å². The molecule has 2 aromatic rings. The van der Waals surface area contributed by atoms with Crippen LogP contribution in [0.1, 0.15) is 17.0 Å². The number of hydrogen-bond donors (Lipinski definition) is 0. The average Bonchev–Trinajstić information content (AvgIpc) is 2.79. The largest absolute Gasteiger partial charge is 0.486 e. The summed E-state index contributed by atoms with van der Waals surface area (Å²) in [7, 11) is 2.07. The van der Waals surface area contributed by atoms with Crippen molar-refractivity contribution in [3.63, 3.8) is 0 Å². The summed E-state index contributed by atoms with van der Waals surface area (Å²) in [5, 5.41) is 3.99. The molecule has 1 aromatic heterocycles. The first kappa shape index (κ1) is 13.9. The SMILES string of the molecule is Cc1noc(C)c1CN(C)C[C@H]1COc2ccccc2O1. The number of aromatic nitrogens is 1. The van der Waals surface area contributed by atoms with Crippen molar-refractivity contribution in [2.45, 2.75) is 26.5 Å². The van der Waals surface area contributed by atoms with E-state index in [1.54, 1.807) is 0 Å². The molecule has 0 fully saturated rings. The maximum atomic E-state index is 5.98. The third-order valence-corrected chi connectivity index (χ3v) is 3.69. The van der Waals surface area contributed by atoms with Crippen LogP contribution in [-0.4, -0.2) is 36.4 Å². The van der Waals surface area contributed by atoms with Crippen molar-refractivity contribution in [3.05, 3.63) is 41.3 Å². The van der Waals surface area contributed by atoms with Crippen molar-refractivity contribution >= 4 is 0 Å². The normalized spacial score (nSPS) is 17.2. The molecule has 2 heterocycles. The Kier molecular flexibility index (Phi) is 3.84. The first-order valence-corrected chi connectivity index (χ1v) is 7.12. The summed E-state index contributed by atoms with van der Waals surface area (Å²) in [4.78, 5) is 2.20. The van der Waals surface area contributed by atoms with Crippen LogP contribution in [0.15, 0.2) is 28.8 Å². The van der Waals surface area contributed by atoms with Gasteiger partial charge in [-0.05, 0) is 33.0 Å². The molecule has 0 bridgehead atoms. The van der Waals surface area contributed by atoms with Crippen molar-refractivity contribution in [2.24, 2.45) is 0 Å². The van der Waals surface area contributed by atoms with Crippen LogP contribution >= 0.6 is 0 Å². The molecule has 1 aliphatic rings. The minimum Gasteiger partial charge on any atom is -0.486 e. The summed E-state index contributed by atoms with van der Waals surface area (Å²) in [6, 6.07) is 7.78. The lowest BCUT2D eigenvalue weighted by atomic mass is 10.2. The lowest BCUT2D eigenvalue weighted by Crippen LogP contribution is -2.39. The monoisotopic (exact) mass is 288 g/mol. The van der Waals surface area contributed by atoms with Crippen LogP contribution in [0.2, 0.25) is 0 Å². The molecule has 112 valence electrons. The van der Waals surface area contributed by atoms with Gasteiger partial charge in [0, 0.05) is 18.7 Å². The molecule has 0 saturated heterocycles. The van der Waals surface area contributed by atoms with E-state index in [2.05, 4.69) is 17.1 Å². The van der Waals surface area contributed by atoms with Crippen molar-refractivity contribution < 1.29 is 14.0 Å². The molecular weight excluding hydrogens is 268 g/mol. The van der Waals surface area contributed by atoms with Gasteiger partial charge in [0.2, 0.25) is 0 Å². The van der Waals surface area contributed by atoms with E-state index < -0.39 is 0 Å². The van der Waals surface area contributed by atoms with E-state index in [9.17, 15) is 0 Å². The van der Waals surface area contributed by atoms with Gasteiger partial charge in [-0.1, -0.05) is 17.3 Å². The van der Waals surface area contributed by atoms with Crippen molar-refractivity contribution in [2.75, 3.05) is 20.2 Å². The fraction of sp³-hybridized carbons (Fsp3) is 0.438. The quantitative estimate of drug-likeness (QED) is 0.865. The maximum Gasteiger partial charge on any atom is 0.161 e. The summed E-state index contributed by atoms with van der Waals surface area (Å²) in [6.07, 6.45) is 0.0328. The molecule has 21 heavy (non-hydrogen) atoms. The van der Waals surface area contributed by atoms with E-state index in [4.69, 9.17) is 14.0 Å². The number of benzene rings is 1. The molecule has 0 unspecified atom stereocenters. The fourth-order valence-corrected chi connectivity index (χ4v) is 2.56. The predicted molar refractivity (Wildman–Crippen MR) is 78.7 cm³/mol. The van der Waals surface area contributed by atoms with Crippen LogP contribution in [0.4, 0.5) is 0 Å². The third-order valence-electron chi connectivity index (χ3n) is 3.69. The number of nitrogens with zero attached hydrogens (tertiary/aromatic N) is 2. The molecule has 3 rings (SSSR count). The molecule has 0 N–H and O–H groups in total. The number of fused-ring (bicyclic) bond motifs is 1. The van der Waals surface area contributed by atoms with Crippen molar-refractivity contribution in [1.82, 2.24) is 10.1 Å². The molecule has 0 saturated carbocycles. The Morgan fingerprint density at radius 3 is 2.71 bits per heavy atom. The zero-order chi connectivity index (χ0) is 14.8. The second-order valence-electron chi connectivity index (χ2n) is 5.50. The molecule has 0 amide bonds. The van der Waals surface area contributed by atoms with E-state index in [0.717, 1.165) is 41.6 Å². The summed E-state index contributed by atoms with van der Waals surface area (Å²) in [6.45, 7) is 6.07. The average molecular weight is 288 g/mol. The Hall–Kier alpha value is -2.01. The van der Waals surface area contributed by atoms with Gasteiger partial charge in [-0.25, -0.2) is 0 Å². The molecule has 1 atom stereocenters. The third kappa shape index (κ3) is 3.03. The van der Waals surface area contributed by atoms with Gasteiger partial charge in [0.05, 0.1) is 5.69 Å². The number of rotatable bonds is 4. The standard InChI is InChI=1S/C16H20N2O3/c1-11-14(12(2)21-17-11)9-18(3)8-13-10-19-15-6-4-5-7-16(15)20-13/h4-7,13H,8-10H2,1-3H3/t13-/m0/s1. The van der Waals surface area contributed by atoms with Crippen LogP contribution in [0.3, 0.4) is 0 Å². The highest BCUT2D eigenvalue weighted by atomic mass is 16.6. The van der Waals surface area contributed by atoms with Gasteiger partial charge in [-0.2, -0.15) is 0 Å². The van der Waals surface area contributed by atoms with Gasteiger partial charge < -0.3 is 14.0 Å². The van der Waals surface area contributed by atoms with E-state index in [1.165, 1.54) is 0 Å². The lowest BCUT2D eigenvalue weighted by Gasteiger charge is -2.29. The topological polar surface area (TPSA) is 47.7 Å². The van der Waals surface area contributed by atoms with Crippen molar-refractivity contribution in [1.29, 1.82) is 0 Å². The lowest BCUT2D eigenvalue weighted by molar-refractivity contribution is 0.0637. The predicted octanol–water partition coefficient (Wildman–Crippen LogP) is 2.56. The number of para-hydroxylation sites is 2. The fourth-order valence-electron chi connectivity index (χ4n) is 2.56. The Bertz CT molecular complexity index is 604. The number of aryl methyl sites for hydroxylation is 2. The molecule has 5 nitrogen and oxygen atoms in total. The second-order valence-corrected chi connectivity index (χ2v) is 5.50. The van der Waals surface area contributed by atoms with Gasteiger partial charge in [0.25, 0.3) is 0 Å². The first-order valence-electron chi connectivity index (χ1n) is 7.12. The Balaban J connectivity index is 1.60. The van der Waals surface area contributed by atoms with E-state index in [0.29, 0.717) is 6.61 Å². The van der Waals surface area contributed by atoms with Crippen molar-refractivity contribution in [3.8, 4) is 11.5 Å². The maximum absolute atomic E-state index is 5.98. The van der Waals surface area contributed by atoms with Crippen LogP contribution < -0.4 is 9.47 Å². The van der Waals surface area contributed by atoms with Gasteiger partial charge in [-0.3, -0.25) is 4.90 Å².